The van der Waals surface area contributed by atoms with Crippen molar-refractivity contribution in [3.05, 3.63) is 59.8 Å². The lowest BCUT2D eigenvalue weighted by Gasteiger charge is -2.32. The third-order valence-corrected chi connectivity index (χ3v) is 5.79. The minimum Gasteiger partial charge on any atom is -0.497 e. The zero-order valence-electron chi connectivity index (χ0n) is 16.6. The van der Waals surface area contributed by atoms with Crippen LogP contribution in [0, 0.1) is 0 Å². The molecule has 2 aromatic carbocycles. The number of rotatable bonds is 4. The Balaban J connectivity index is 1.49. The summed E-state index contributed by atoms with van der Waals surface area (Å²) in [5.41, 5.74) is 3.23. The number of amides is 1. The second-order valence-electron chi connectivity index (χ2n) is 7.35. The predicted octanol–water partition coefficient (Wildman–Crippen LogP) is 4.22. The predicted molar refractivity (Wildman–Crippen MR) is 110 cm³/mol. The van der Waals surface area contributed by atoms with E-state index in [1.165, 1.54) is 16.6 Å². The molecule has 0 atom stereocenters. The number of aryl methyl sites for hydroxylation is 1. The Labute approximate surface area is 165 Å². The molecule has 2 heterocycles. The van der Waals surface area contributed by atoms with E-state index in [9.17, 15) is 4.79 Å². The first-order chi connectivity index (χ1) is 13.6. The normalized spacial score (nSPS) is 15.0. The van der Waals surface area contributed by atoms with Gasteiger partial charge in [0.1, 0.15) is 11.5 Å². The maximum Gasteiger partial charge on any atom is 0.254 e. The number of nitrogens with zero attached hydrogens (tertiary/aromatic N) is 2. The van der Waals surface area contributed by atoms with Gasteiger partial charge in [-0.05, 0) is 42.5 Å². The van der Waals surface area contributed by atoms with Crippen molar-refractivity contribution in [2.45, 2.75) is 18.8 Å². The molecule has 0 spiro atoms. The van der Waals surface area contributed by atoms with Crippen LogP contribution >= 0.6 is 0 Å². The van der Waals surface area contributed by atoms with E-state index in [1.54, 1.807) is 32.4 Å². The van der Waals surface area contributed by atoms with Crippen LogP contribution < -0.4 is 9.47 Å². The number of para-hydroxylation sites is 1. The summed E-state index contributed by atoms with van der Waals surface area (Å²) in [6.07, 6.45) is 1.94. The summed E-state index contributed by atoms with van der Waals surface area (Å²) in [6.45, 7) is 1.51. The minimum atomic E-state index is 0.0349. The number of benzene rings is 2. The summed E-state index contributed by atoms with van der Waals surface area (Å²) in [6, 6.07) is 16.1. The minimum absolute atomic E-state index is 0.0349. The molecule has 1 fully saturated rings. The lowest BCUT2D eigenvalue weighted by atomic mass is 9.93. The fourth-order valence-electron chi connectivity index (χ4n) is 4.19. The molecule has 0 bridgehead atoms. The number of methoxy groups -OCH3 is 2. The van der Waals surface area contributed by atoms with E-state index in [0.29, 0.717) is 23.0 Å². The van der Waals surface area contributed by atoms with Gasteiger partial charge in [0.2, 0.25) is 0 Å². The van der Waals surface area contributed by atoms with Crippen molar-refractivity contribution in [1.82, 2.24) is 9.47 Å². The molecule has 1 aromatic heterocycles. The number of hydrogen-bond donors (Lipinski definition) is 0. The number of likely N-dealkylation sites (tertiary alicyclic amines) is 1. The highest BCUT2D eigenvalue weighted by Crippen LogP contribution is 2.33. The Morgan fingerprint density at radius 2 is 1.61 bits per heavy atom. The molecule has 5 heteroatoms. The first kappa shape index (κ1) is 18.4. The van der Waals surface area contributed by atoms with E-state index < -0.39 is 0 Å². The van der Waals surface area contributed by atoms with Crippen molar-refractivity contribution in [2.24, 2.45) is 7.05 Å². The Morgan fingerprint density at radius 1 is 0.964 bits per heavy atom. The molecule has 1 aliphatic heterocycles. The van der Waals surface area contributed by atoms with Crippen molar-refractivity contribution in [3.63, 3.8) is 0 Å². The summed E-state index contributed by atoms with van der Waals surface area (Å²) in [5.74, 6) is 1.77. The van der Waals surface area contributed by atoms with Crippen LogP contribution in [0.3, 0.4) is 0 Å². The Kier molecular flexibility index (Phi) is 4.99. The third kappa shape index (κ3) is 3.33. The highest BCUT2D eigenvalue weighted by molar-refractivity contribution is 5.95. The van der Waals surface area contributed by atoms with Crippen LogP contribution in [0.4, 0.5) is 0 Å². The molecule has 4 rings (SSSR count). The summed E-state index contributed by atoms with van der Waals surface area (Å²) < 4.78 is 12.9. The summed E-state index contributed by atoms with van der Waals surface area (Å²) in [7, 11) is 5.33. The van der Waals surface area contributed by atoms with E-state index in [0.717, 1.165) is 25.9 Å². The van der Waals surface area contributed by atoms with E-state index in [2.05, 4.69) is 41.9 Å². The van der Waals surface area contributed by atoms with Crippen LogP contribution in [0.1, 0.15) is 34.8 Å². The zero-order valence-corrected chi connectivity index (χ0v) is 16.6. The van der Waals surface area contributed by atoms with Crippen molar-refractivity contribution < 1.29 is 14.3 Å². The van der Waals surface area contributed by atoms with Gasteiger partial charge in [-0.2, -0.15) is 0 Å². The number of carbonyl (C=O) groups is 1. The molecule has 1 amide bonds. The van der Waals surface area contributed by atoms with Crippen LogP contribution in [-0.2, 0) is 7.05 Å². The highest BCUT2D eigenvalue weighted by Gasteiger charge is 2.27. The maximum absolute atomic E-state index is 13.0. The van der Waals surface area contributed by atoms with Crippen molar-refractivity contribution in [1.29, 1.82) is 0 Å². The van der Waals surface area contributed by atoms with E-state index in [1.807, 2.05) is 4.90 Å². The van der Waals surface area contributed by atoms with Gasteiger partial charge < -0.3 is 18.9 Å². The molecule has 0 saturated carbocycles. The standard InChI is InChI=1S/C23H26N2O3/c1-24-21-7-5-4-6-17(21)14-22(24)16-8-10-25(11-9-16)23(26)18-12-19(27-2)15-20(13-18)28-3/h4-7,12-16H,8-11H2,1-3H3. The summed E-state index contributed by atoms with van der Waals surface area (Å²) >= 11 is 0. The maximum atomic E-state index is 13.0. The highest BCUT2D eigenvalue weighted by atomic mass is 16.5. The number of fused-ring (bicyclic) bond motifs is 1. The van der Waals surface area contributed by atoms with Crippen LogP contribution in [0.25, 0.3) is 10.9 Å². The van der Waals surface area contributed by atoms with Gasteiger partial charge in [-0.25, -0.2) is 0 Å². The fourth-order valence-corrected chi connectivity index (χ4v) is 4.19. The molecule has 3 aromatic rings. The van der Waals surface area contributed by atoms with E-state index in [4.69, 9.17) is 9.47 Å². The topological polar surface area (TPSA) is 43.7 Å². The Morgan fingerprint density at radius 3 is 2.21 bits per heavy atom. The van der Waals surface area contributed by atoms with Gasteiger partial charge in [0.15, 0.2) is 0 Å². The van der Waals surface area contributed by atoms with Gasteiger partial charge in [-0.3, -0.25) is 4.79 Å². The SMILES string of the molecule is COc1cc(OC)cc(C(=O)N2CCC(c3cc4ccccc4n3C)CC2)c1. The Bertz CT molecular complexity index is 978. The molecule has 28 heavy (non-hydrogen) atoms. The van der Waals surface area contributed by atoms with Gasteiger partial charge >= 0.3 is 0 Å². The lowest BCUT2D eigenvalue weighted by Crippen LogP contribution is -2.38. The number of carbonyl (C=O) groups excluding carboxylic acids is 1. The molecule has 0 aliphatic carbocycles. The molecule has 1 saturated heterocycles. The van der Waals surface area contributed by atoms with Gasteiger partial charge in [0, 0.05) is 48.9 Å². The quantitative estimate of drug-likeness (QED) is 0.683. The third-order valence-electron chi connectivity index (χ3n) is 5.79. The Hall–Kier alpha value is -2.95. The largest absolute Gasteiger partial charge is 0.497 e. The van der Waals surface area contributed by atoms with Crippen molar-refractivity contribution in [2.75, 3.05) is 27.3 Å². The number of aromatic nitrogens is 1. The molecular weight excluding hydrogens is 352 g/mol. The second-order valence-corrected chi connectivity index (χ2v) is 7.35. The van der Waals surface area contributed by atoms with Gasteiger partial charge in [-0.1, -0.05) is 18.2 Å². The van der Waals surface area contributed by atoms with Crippen molar-refractivity contribution >= 4 is 16.8 Å². The zero-order chi connectivity index (χ0) is 19.7. The molecule has 146 valence electrons. The number of piperidine rings is 1. The van der Waals surface area contributed by atoms with Crippen LogP contribution in [-0.4, -0.2) is 42.7 Å². The molecule has 0 radical (unpaired) electrons. The average molecular weight is 378 g/mol. The van der Waals surface area contributed by atoms with Gasteiger partial charge in [0.05, 0.1) is 14.2 Å². The molecular formula is C23H26N2O3. The van der Waals surface area contributed by atoms with Gasteiger partial charge in [0.25, 0.3) is 5.91 Å². The number of ether oxygens (including phenoxy) is 2. The van der Waals surface area contributed by atoms with Crippen LogP contribution in [0.15, 0.2) is 48.5 Å². The van der Waals surface area contributed by atoms with Gasteiger partial charge in [-0.15, -0.1) is 0 Å². The van der Waals surface area contributed by atoms with E-state index >= 15 is 0 Å². The monoisotopic (exact) mass is 378 g/mol. The van der Waals surface area contributed by atoms with Crippen LogP contribution in [0.5, 0.6) is 11.5 Å². The first-order valence-corrected chi connectivity index (χ1v) is 9.67. The summed E-state index contributed by atoms with van der Waals surface area (Å²) in [4.78, 5) is 14.9. The van der Waals surface area contributed by atoms with E-state index in [-0.39, 0.29) is 5.91 Å². The smallest absolute Gasteiger partial charge is 0.254 e. The summed E-state index contributed by atoms with van der Waals surface area (Å²) in [5, 5.41) is 1.28. The first-order valence-electron chi connectivity index (χ1n) is 9.67. The second kappa shape index (κ2) is 7.58. The molecule has 0 unspecified atom stereocenters. The average Bonchev–Trinajstić information content (AvgIpc) is 3.09. The molecule has 0 N–H and O–H groups in total. The van der Waals surface area contributed by atoms with Crippen molar-refractivity contribution in [3.8, 4) is 11.5 Å². The molecule has 1 aliphatic rings. The van der Waals surface area contributed by atoms with Crippen LogP contribution in [0.2, 0.25) is 0 Å². The molecule has 5 nitrogen and oxygen atoms in total. The lowest BCUT2D eigenvalue weighted by molar-refractivity contribution is 0.0711. The fraction of sp³-hybridized carbons (Fsp3) is 0.348. The number of hydrogen-bond acceptors (Lipinski definition) is 3.